The number of fused-ring (bicyclic) bond motifs is 1. The molecule has 3 heterocycles. The van der Waals surface area contributed by atoms with Crippen molar-refractivity contribution in [1.82, 2.24) is 9.03 Å². The highest BCUT2D eigenvalue weighted by Gasteiger charge is 2.56. The van der Waals surface area contributed by atoms with E-state index in [1.54, 1.807) is 13.8 Å². The number of amides is 1. The first kappa shape index (κ1) is 32.5. The van der Waals surface area contributed by atoms with Gasteiger partial charge in [-0.05, 0) is 39.5 Å². The Morgan fingerprint density at radius 1 is 0.897 bits per heavy atom. The first-order valence-electron chi connectivity index (χ1n) is 14.9. The maximum atomic E-state index is 12.3. The molecule has 0 saturated carbocycles. The topological polar surface area (TPSA) is 122 Å². The molecule has 3 fully saturated rings. The second-order valence-corrected chi connectivity index (χ2v) is 12.8. The number of rotatable bonds is 19. The van der Waals surface area contributed by atoms with Gasteiger partial charge >= 0.3 is 16.3 Å². The Morgan fingerprint density at radius 3 is 2.21 bits per heavy atom. The van der Waals surface area contributed by atoms with E-state index in [-0.39, 0.29) is 6.61 Å². The van der Waals surface area contributed by atoms with E-state index in [1.807, 2.05) is 4.72 Å². The van der Waals surface area contributed by atoms with Crippen LogP contribution in [0.25, 0.3) is 0 Å². The van der Waals surface area contributed by atoms with Crippen LogP contribution in [0.5, 0.6) is 0 Å². The molecule has 0 aromatic heterocycles. The lowest BCUT2D eigenvalue weighted by molar-refractivity contribution is -0.236. The van der Waals surface area contributed by atoms with Crippen LogP contribution in [-0.4, -0.2) is 88.7 Å². The first-order chi connectivity index (χ1) is 18.7. The molecule has 39 heavy (non-hydrogen) atoms. The van der Waals surface area contributed by atoms with E-state index < -0.39 is 46.7 Å². The Hall–Kier alpha value is -1.02. The van der Waals surface area contributed by atoms with Crippen LogP contribution in [0.3, 0.4) is 0 Å². The van der Waals surface area contributed by atoms with Crippen LogP contribution < -0.4 is 4.72 Å². The molecule has 228 valence electrons. The summed E-state index contributed by atoms with van der Waals surface area (Å²) in [6.45, 7) is 8.24. The lowest BCUT2D eigenvalue weighted by atomic mass is 10.1. The van der Waals surface area contributed by atoms with Gasteiger partial charge in [-0.3, -0.25) is 0 Å². The van der Waals surface area contributed by atoms with Gasteiger partial charge in [0.25, 0.3) is 0 Å². The molecular formula is C27H50N2O9S. The average molecular weight is 579 g/mol. The van der Waals surface area contributed by atoms with Crippen molar-refractivity contribution in [2.24, 2.45) is 0 Å². The largest absolute Gasteiger partial charge is 0.446 e. The van der Waals surface area contributed by atoms with E-state index >= 15 is 0 Å². The van der Waals surface area contributed by atoms with Crippen molar-refractivity contribution >= 4 is 16.3 Å². The van der Waals surface area contributed by atoms with E-state index in [4.69, 9.17) is 28.4 Å². The zero-order chi connectivity index (χ0) is 28.1. The van der Waals surface area contributed by atoms with Crippen molar-refractivity contribution in [1.29, 1.82) is 0 Å². The quantitative estimate of drug-likeness (QED) is 0.224. The molecule has 0 bridgehead atoms. The second kappa shape index (κ2) is 16.4. The molecule has 1 amide bonds. The molecular weight excluding hydrogens is 528 g/mol. The molecule has 0 unspecified atom stereocenters. The monoisotopic (exact) mass is 578 g/mol. The molecule has 0 radical (unpaired) electrons. The van der Waals surface area contributed by atoms with Crippen LogP contribution in [0, 0.1) is 0 Å². The summed E-state index contributed by atoms with van der Waals surface area (Å²) < 4.78 is 62.5. The third-order valence-electron chi connectivity index (χ3n) is 7.21. The van der Waals surface area contributed by atoms with Crippen LogP contribution >= 0.6 is 0 Å². The molecule has 4 atom stereocenters. The molecule has 3 saturated heterocycles. The third-order valence-corrected chi connectivity index (χ3v) is 8.68. The number of unbranched alkanes of at least 4 members (excludes halogenated alkanes) is 8. The normalized spacial score (nSPS) is 26.6. The highest BCUT2D eigenvalue weighted by Crippen LogP contribution is 2.39. The summed E-state index contributed by atoms with van der Waals surface area (Å²) in [6.07, 6.45) is 10.5. The van der Waals surface area contributed by atoms with Crippen molar-refractivity contribution in [2.45, 2.75) is 128 Å². The Kier molecular flexibility index (Phi) is 13.7. The molecule has 0 aliphatic carbocycles. The lowest BCUT2D eigenvalue weighted by Gasteiger charge is -2.24. The molecule has 3 aliphatic heterocycles. The number of ether oxygens (including phenoxy) is 6. The number of hydrogen-bond donors (Lipinski definition) is 1. The maximum Gasteiger partial charge on any atom is 0.422 e. The number of nitrogens with one attached hydrogen (secondary N) is 1. The summed E-state index contributed by atoms with van der Waals surface area (Å²) in [5.74, 6) is -0.834. The second-order valence-electron chi connectivity index (χ2n) is 11.1. The zero-order valence-corrected chi connectivity index (χ0v) is 24.9. The smallest absolute Gasteiger partial charge is 0.422 e. The molecule has 1 N–H and O–H groups in total. The number of hydrogen-bond acceptors (Lipinski definition) is 9. The predicted octanol–water partition coefficient (Wildman–Crippen LogP) is 4.25. The van der Waals surface area contributed by atoms with E-state index in [0.717, 1.165) is 32.3 Å². The van der Waals surface area contributed by atoms with Gasteiger partial charge in [-0.2, -0.15) is 12.7 Å². The van der Waals surface area contributed by atoms with Crippen molar-refractivity contribution in [3.05, 3.63) is 0 Å². The fourth-order valence-electron chi connectivity index (χ4n) is 5.17. The van der Waals surface area contributed by atoms with Crippen molar-refractivity contribution < 1.29 is 41.6 Å². The standard InChI is InChI=1S/C27H50N2O9S/c1-4-5-6-7-8-9-10-11-14-18-33-19-15-20-34-25-24-23(37-27(2,3)38-24)22(36-25)21-35-26(30)28-39(31,32)29-16-12-13-17-29/h22-25H,4-21H2,1-3H3,(H,28,30)/t22-,23+,24+,25-/m1/s1. The van der Waals surface area contributed by atoms with Crippen LogP contribution in [0.2, 0.25) is 0 Å². The molecule has 0 aromatic carbocycles. The van der Waals surface area contributed by atoms with E-state index in [0.29, 0.717) is 26.3 Å². The predicted molar refractivity (Wildman–Crippen MR) is 145 cm³/mol. The third kappa shape index (κ3) is 11.1. The van der Waals surface area contributed by atoms with Gasteiger partial charge in [0.15, 0.2) is 12.1 Å². The molecule has 12 heteroatoms. The average Bonchev–Trinajstić information content (AvgIpc) is 3.60. The summed E-state index contributed by atoms with van der Waals surface area (Å²) in [7, 11) is -3.91. The van der Waals surface area contributed by atoms with Crippen molar-refractivity contribution in [2.75, 3.05) is 39.5 Å². The summed E-state index contributed by atoms with van der Waals surface area (Å²) in [5.41, 5.74) is 0. The SMILES string of the molecule is CCCCCCCCCCCOCCCO[C@@H]1O[C@H](COC(=O)NS(=O)(=O)N2CCCC2)[C@@H]2OC(C)(C)O[C@H]12. The summed E-state index contributed by atoms with van der Waals surface area (Å²) in [5, 5.41) is 0. The van der Waals surface area contributed by atoms with Gasteiger partial charge in [-0.15, -0.1) is 0 Å². The van der Waals surface area contributed by atoms with E-state index in [9.17, 15) is 13.2 Å². The molecule has 0 spiro atoms. The van der Waals surface area contributed by atoms with E-state index in [2.05, 4.69) is 6.92 Å². The van der Waals surface area contributed by atoms with Crippen molar-refractivity contribution in [3.63, 3.8) is 0 Å². The van der Waals surface area contributed by atoms with Crippen LogP contribution in [0.15, 0.2) is 0 Å². The molecule has 11 nitrogen and oxygen atoms in total. The maximum absolute atomic E-state index is 12.3. The Balaban J connectivity index is 1.28. The fourth-order valence-corrected chi connectivity index (χ4v) is 6.31. The zero-order valence-electron chi connectivity index (χ0n) is 24.1. The Bertz CT molecular complexity index is 820. The number of carbonyl (C=O) groups excluding carboxylic acids is 1. The van der Waals surface area contributed by atoms with Gasteiger partial charge in [0, 0.05) is 26.3 Å². The van der Waals surface area contributed by atoms with Gasteiger partial charge in [0.1, 0.15) is 24.9 Å². The summed E-state index contributed by atoms with van der Waals surface area (Å²) >= 11 is 0. The van der Waals surface area contributed by atoms with Crippen molar-refractivity contribution in [3.8, 4) is 0 Å². The van der Waals surface area contributed by atoms with E-state index in [1.165, 1.54) is 55.7 Å². The summed E-state index contributed by atoms with van der Waals surface area (Å²) in [4.78, 5) is 12.2. The van der Waals surface area contributed by atoms with Crippen LogP contribution in [0.4, 0.5) is 4.79 Å². The van der Waals surface area contributed by atoms with Gasteiger partial charge in [0.2, 0.25) is 0 Å². The van der Waals surface area contributed by atoms with Gasteiger partial charge in [0.05, 0.1) is 6.61 Å². The number of nitrogens with zero attached hydrogens (tertiary/aromatic N) is 1. The lowest BCUT2D eigenvalue weighted by Crippen LogP contribution is -2.43. The minimum Gasteiger partial charge on any atom is -0.446 e. The Morgan fingerprint density at radius 2 is 1.51 bits per heavy atom. The first-order valence-corrected chi connectivity index (χ1v) is 16.3. The van der Waals surface area contributed by atoms with Gasteiger partial charge in [-0.1, -0.05) is 58.3 Å². The van der Waals surface area contributed by atoms with Crippen LogP contribution in [0.1, 0.15) is 97.8 Å². The summed E-state index contributed by atoms with van der Waals surface area (Å²) in [6, 6.07) is 0. The highest BCUT2D eigenvalue weighted by molar-refractivity contribution is 7.87. The minimum absolute atomic E-state index is 0.191. The fraction of sp³-hybridized carbons (Fsp3) is 0.963. The molecule has 3 aliphatic rings. The Labute approximate surface area is 234 Å². The highest BCUT2D eigenvalue weighted by atomic mass is 32.2. The number of carbonyl (C=O) groups is 1. The molecule has 3 rings (SSSR count). The van der Waals surface area contributed by atoms with Gasteiger partial charge < -0.3 is 28.4 Å². The minimum atomic E-state index is -3.91. The van der Waals surface area contributed by atoms with Gasteiger partial charge in [-0.25, -0.2) is 9.52 Å². The molecule has 0 aromatic rings. The van der Waals surface area contributed by atoms with Crippen LogP contribution in [-0.2, 0) is 38.6 Å².